The second-order valence-corrected chi connectivity index (χ2v) is 6.38. The number of amides is 1. The summed E-state index contributed by atoms with van der Waals surface area (Å²) in [6, 6.07) is 6.16. The maximum Gasteiger partial charge on any atom is 0.254 e. The number of carbonyl (C=O) groups is 1. The predicted octanol–water partition coefficient (Wildman–Crippen LogP) is 3.21. The lowest BCUT2D eigenvalue weighted by Crippen LogP contribution is -2.42. The van der Waals surface area contributed by atoms with Crippen LogP contribution in [0.3, 0.4) is 0 Å². The molecule has 0 spiro atoms. The second-order valence-electron chi connectivity index (χ2n) is 5.50. The summed E-state index contributed by atoms with van der Waals surface area (Å²) >= 11 is 1.68. The van der Waals surface area contributed by atoms with Crippen molar-refractivity contribution in [1.82, 2.24) is 10.2 Å². The smallest absolute Gasteiger partial charge is 0.254 e. The Morgan fingerprint density at radius 3 is 2.90 bits per heavy atom. The van der Waals surface area contributed by atoms with E-state index in [1.165, 1.54) is 6.42 Å². The van der Waals surface area contributed by atoms with Gasteiger partial charge in [-0.2, -0.15) is 0 Å². The predicted molar refractivity (Wildman–Crippen MR) is 92.8 cm³/mol. The van der Waals surface area contributed by atoms with Crippen LogP contribution in [0.1, 0.15) is 28.8 Å². The van der Waals surface area contributed by atoms with Crippen molar-refractivity contribution < 1.29 is 4.79 Å². The van der Waals surface area contributed by atoms with Gasteiger partial charge in [-0.1, -0.05) is 6.07 Å². The Bertz CT molecular complexity index is 479. The molecule has 1 fully saturated rings. The zero-order chi connectivity index (χ0) is 14.5. The maximum absolute atomic E-state index is 12.7. The molecule has 1 heterocycles. The zero-order valence-corrected chi connectivity index (χ0v) is 14.6. The molecule has 0 saturated carbocycles. The van der Waals surface area contributed by atoms with Gasteiger partial charge in [0.05, 0.1) is 0 Å². The van der Waals surface area contributed by atoms with Gasteiger partial charge in [0.1, 0.15) is 0 Å². The van der Waals surface area contributed by atoms with Crippen molar-refractivity contribution in [2.75, 3.05) is 32.9 Å². The molecule has 2 rings (SSSR count). The van der Waals surface area contributed by atoms with E-state index in [1.54, 1.807) is 11.8 Å². The molecule has 0 aromatic heterocycles. The molecule has 1 unspecified atom stereocenters. The highest BCUT2D eigenvalue weighted by Gasteiger charge is 2.25. The molecule has 3 nitrogen and oxygen atoms in total. The molecular formula is C16H25ClN2OS. The first kappa shape index (κ1) is 18.3. The van der Waals surface area contributed by atoms with E-state index in [2.05, 4.69) is 11.4 Å². The highest BCUT2D eigenvalue weighted by Crippen LogP contribution is 2.23. The molecular weight excluding hydrogens is 304 g/mol. The average Bonchev–Trinajstić information content (AvgIpc) is 2.48. The molecule has 0 aliphatic carbocycles. The second kappa shape index (κ2) is 8.66. The molecule has 118 valence electrons. The standard InChI is InChI=1S/C16H24N2OS.ClH/c1-12-6-7-14(20-3)9-15(12)16(19)18-8-4-5-13(11-18)10-17-2;/h6-7,9,13,17H,4-5,8,10-11H2,1-3H3;1H. The quantitative estimate of drug-likeness (QED) is 0.861. The number of piperidine rings is 1. The molecule has 1 aromatic carbocycles. The van der Waals surface area contributed by atoms with Gasteiger partial charge in [0.2, 0.25) is 0 Å². The van der Waals surface area contributed by atoms with E-state index in [0.717, 1.165) is 42.1 Å². The number of likely N-dealkylation sites (tertiary alicyclic amines) is 1. The van der Waals surface area contributed by atoms with Crippen molar-refractivity contribution in [2.24, 2.45) is 5.92 Å². The van der Waals surface area contributed by atoms with Gasteiger partial charge in [-0.3, -0.25) is 4.79 Å². The summed E-state index contributed by atoms with van der Waals surface area (Å²) in [6.45, 7) is 4.78. The highest BCUT2D eigenvalue weighted by atomic mass is 35.5. The lowest BCUT2D eigenvalue weighted by atomic mass is 9.97. The number of nitrogens with one attached hydrogen (secondary N) is 1. The maximum atomic E-state index is 12.7. The van der Waals surface area contributed by atoms with Crippen LogP contribution in [0.25, 0.3) is 0 Å². The number of halogens is 1. The van der Waals surface area contributed by atoms with Gasteiger partial charge in [-0.05, 0) is 63.2 Å². The third-order valence-corrected chi connectivity index (χ3v) is 4.70. The van der Waals surface area contributed by atoms with E-state index in [1.807, 2.05) is 37.3 Å². The minimum Gasteiger partial charge on any atom is -0.338 e. The molecule has 1 amide bonds. The van der Waals surface area contributed by atoms with Crippen LogP contribution in [0, 0.1) is 12.8 Å². The number of carbonyl (C=O) groups excluding carboxylic acids is 1. The Morgan fingerprint density at radius 2 is 2.24 bits per heavy atom. The Labute approximate surface area is 138 Å². The molecule has 0 radical (unpaired) electrons. The Morgan fingerprint density at radius 1 is 1.48 bits per heavy atom. The molecule has 1 atom stereocenters. The first-order valence-corrected chi connectivity index (χ1v) is 8.46. The fourth-order valence-electron chi connectivity index (χ4n) is 2.83. The van der Waals surface area contributed by atoms with Crippen LogP contribution < -0.4 is 5.32 Å². The van der Waals surface area contributed by atoms with E-state index in [-0.39, 0.29) is 18.3 Å². The molecule has 1 N–H and O–H groups in total. The SMILES string of the molecule is CNCC1CCCN(C(=O)c2cc(SC)ccc2C)C1.Cl. The number of nitrogens with zero attached hydrogens (tertiary/aromatic N) is 1. The number of rotatable bonds is 4. The van der Waals surface area contributed by atoms with E-state index >= 15 is 0 Å². The minimum absolute atomic E-state index is 0. The van der Waals surface area contributed by atoms with Crippen LogP contribution in [0.2, 0.25) is 0 Å². The van der Waals surface area contributed by atoms with E-state index < -0.39 is 0 Å². The molecule has 5 heteroatoms. The molecule has 21 heavy (non-hydrogen) atoms. The summed E-state index contributed by atoms with van der Waals surface area (Å²) in [5.41, 5.74) is 1.94. The Kier molecular flexibility index (Phi) is 7.57. The van der Waals surface area contributed by atoms with Gasteiger partial charge in [0.15, 0.2) is 0 Å². The molecule has 1 aliphatic heterocycles. The van der Waals surface area contributed by atoms with Crippen molar-refractivity contribution in [3.8, 4) is 0 Å². The number of hydrogen-bond donors (Lipinski definition) is 1. The highest BCUT2D eigenvalue weighted by molar-refractivity contribution is 7.98. The van der Waals surface area contributed by atoms with Gasteiger partial charge in [0, 0.05) is 23.5 Å². The van der Waals surface area contributed by atoms with Gasteiger partial charge >= 0.3 is 0 Å². The van der Waals surface area contributed by atoms with Crippen LogP contribution >= 0.6 is 24.2 Å². The summed E-state index contributed by atoms with van der Waals surface area (Å²) in [5.74, 6) is 0.779. The minimum atomic E-state index is 0. The number of aryl methyl sites for hydroxylation is 1. The van der Waals surface area contributed by atoms with Crippen molar-refractivity contribution in [3.05, 3.63) is 29.3 Å². The first-order chi connectivity index (χ1) is 9.65. The van der Waals surface area contributed by atoms with Crippen LogP contribution in [0.4, 0.5) is 0 Å². The number of thioether (sulfide) groups is 1. The van der Waals surface area contributed by atoms with Gasteiger partial charge in [-0.15, -0.1) is 24.2 Å². The fourth-order valence-corrected chi connectivity index (χ4v) is 3.27. The number of hydrogen-bond acceptors (Lipinski definition) is 3. The Balaban J connectivity index is 0.00000220. The van der Waals surface area contributed by atoms with Crippen molar-refractivity contribution in [3.63, 3.8) is 0 Å². The van der Waals surface area contributed by atoms with Crippen LogP contribution in [0.5, 0.6) is 0 Å². The lowest BCUT2D eigenvalue weighted by Gasteiger charge is -2.33. The monoisotopic (exact) mass is 328 g/mol. The Hall–Kier alpha value is -0.710. The van der Waals surface area contributed by atoms with Gasteiger partial charge in [0.25, 0.3) is 5.91 Å². The van der Waals surface area contributed by atoms with E-state index in [0.29, 0.717) is 5.92 Å². The molecule has 1 aliphatic rings. The first-order valence-electron chi connectivity index (χ1n) is 7.24. The normalized spacial score (nSPS) is 18.2. The zero-order valence-electron chi connectivity index (χ0n) is 13.0. The van der Waals surface area contributed by atoms with Gasteiger partial charge in [-0.25, -0.2) is 0 Å². The van der Waals surface area contributed by atoms with Crippen LogP contribution in [0.15, 0.2) is 23.1 Å². The molecule has 1 saturated heterocycles. The summed E-state index contributed by atoms with van der Waals surface area (Å²) in [7, 11) is 1.98. The summed E-state index contributed by atoms with van der Waals surface area (Å²) in [5, 5.41) is 3.22. The average molecular weight is 329 g/mol. The summed E-state index contributed by atoms with van der Waals surface area (Å²) in [4.78, 5) is 15.9. The fraction of sp³-hybridized carbons (Fsp3) is 0.562. The number of benzene rings is 1. The van der Waals surface area contributed by atoms with E-state index in [4.69, 9.17) is 0 Å². The summed E-state index contributed by atoms with van der Waals surface area (Å²) < 4.78 is 0. The lowest BCUT2D eigenvalue weighted by molar-refractivity contribution is 0.0673. The van der Waals surface area contributed by atoms with Gasteiger partial charge < -0.3 is 10.2 Å². The van der Waals surface area contributed by atoms with Crippen LogP contribution in [-0.4, -0.2) is 43.7 Å². The van der Waals surface area contributed by atoms with E-state index in [9.17, 15) is 4.79 Å². The van der Waals surface area contributed by atoms with Crippen molar-refractivity contribution in [1.29, 1.82) is 0 Å². The molecule has 0 bridgehead atoms. The largest absolute Gasteiger partial charge is 0.338 e. The van der Waals surface area contributed by atoms with Crippen molar-refractivity contribution in [2.45, 2.75) is 24.7 Å². The third-order valence-electron chi connectivity index (χ3n) is 3.97. The van der Waals surface area contributed by atoms with Crippen molar-refractivity contribution >= 4 is 30.1 Å². The topological polar surface area (TPSA) is 32.3 Å². The third kappa shape index (κ3) is 4.63. The van der Waals surface area contributed by atoms with Crippen LogP contribution in [-0.2, 0) is 0 Å². The summed E-state index contributed by atoms with van der Waals surface area (Å²) in [6.07, 6.45) is 4.37. The molecule has 1 aromatic rings.